The van der Waals surface area contributed by atoms with Gasteiger partial charge in [0.2, 0.25) is 12.1 Å². The molecule has 11 atom stereocenters. The number of methoxy groups -OCH3 is 1. The zero-order chi connectivity index (χ0) is 36.4. The van der Waals surface area contributed by atoms with Crippen molar-refractivity contribution < 1.29 is 79.0 Å². The highest BCUT2D eigenvalue weighted by atomic mass is 16.8. The number of aliphatic hydroxyl groups excluding tert-OH is 5. The number of phenolic OH excluding ortho intramolecular Hbond substituents is 2. The molecule has 9 N–H and O–H groups in total. The van der Waals surface area contributed by atoms with E-state index in [1.807, 2.05) is 0 Å². The molecule has 0 radical (unpaired) electrons. The fourth-order valence-electron chi connectivity index (χ4n) is 7.06. The van der Waals surface area contributed by atoms with Gasteiger partial charge in [-0.15, -0.1) is 0 Å². The van der Waals surface area contributed by atoms with Crippen molar-refractivity contribution >= 4 is 17.3 Å². The summed E-state index contributed by atoms with van der Waals surface area (Å²) in [4.78, 5) is 45.7. The fourth-order valence-corrected chi connectivity index (χ4v) is 7.06. The number of aromatic hydroxyl groups is 2. The Bertz CT molecular complexity index is 1700. The van der Waals surface area contributed by atoms with Gasteiger partial charge in [0.15, 0.2) is 17.9 Å². The number of nitrogens with one attached hydrogen (secondary N) is 1. The Morgan fingerprint density at radius 3 is 2.34 bits per heavy atom. The van der Waals surface area contributed by atoms with E-state index < -0.39 is 126 Å². The molecule has 0 bridgehead atoms. The average Bonchev–Trinajstić information content (AvgIpc) is 3.08. The first-order chi connectivity index (χ1) is 23.6. The number of fused-ring (bicyclic) bond motifs is 3. The molecule has 2 aromatic rings. The molecule has 17 heteroatoms. The molecule has 0 spiro atoms. The van der Waals surface area contributed by atoms with Crippen LogP contribution in [0.3, 0.4) is 0 Å². The van der Waals surface area contributed by atoms with Crippen LogP contribution in [0.5, 0.6) is 17.2 Å². The zero-order valence-corrected chi connectivity index (χ0v) is 27.2. The molecular formula is C33H39NO16. The van der Waals surface area contributed by atoms with E-state index in [1.165, 1.54) is 32.2 Å². The number of carbonyl (C=O) groups is 3. The summed E-state index contributed by atoms with van der Waals surface area (Å²) < 4.78 is 22.7. The minimum atomic E-state index is -2.14. The van der Waals surface area contributed by atoms with E-state index in [9.17, 15) is 55.2 Å². The molecule has 272 valence electrons. The van der Waals surface area contributed by atoms with Crippen molar-refractivity contribution in [1.82, 2.24) is 5.48 Å². The van der Waals surface area contributed by atoms with Gasteiger partial charge in [0.1, 0.15) is 47.3 Å². The Kier molecular flexibility index (Phi) is 9.79. The van der Waals surface area contributed by atoms with Gasteiger partial charge in [-0.2, -0.15) is 5.48 Å². The van der Waals surface area contributed by atoms with Crippen LogP contribution in [0.1, 0.15) is 75.8 Å². The predicted octanol–water partition coefficient (Wildman–Crippen LogP) is -1.61. The lowest BCUT2D eigenvalue weighted by Gasteiger charge is -2.43. The van der Waals surface area contributed by atoms with E-state index in [-0.39, 0.29) is 34.4 Å². The summed E-state index contributed by atoms with van der Waals surface area (Å²) in [5.74, 6) is -3.66. The smallest absolute Gasteiger partial charge is 0.206 e. The van der Waals surface area contributed by atoms with Crippen LogP contribution in [0.4, 0.5) is 0 Å². The number of phenols is 2. The quantitative estimate of drug-likeness (QED) is 0.0942. The lowest BCUT2D eigenvalue weighted by molar-refractivity contribution is -0.327. The van der Waals surface area contributed by atoms with Gasteiger partial charge >= 0.3 is 0 Å². The number of hydroxylamine groups is 1. The van der Waals surface area contributed by atoms with Gasteiger partial charge in [0, 0.05) is 36.0 Å². The Hall–Kier alpha value is -3.59. The molecule has 0 amide bonds. The lowest BCUT2D eigenvalue weighted by atomic mass is 9.72. The van der Waals surface area contributed by atoms with Crippen LogP contribution >= 0.6 is 0 Å². The van der Waals surface area contributed by atoms with Gasteiger partial charge in [-0.1, -0.05) is 12.1 Å². The number of benzene rings is 2. The monoisotopic (exact) mass is 705 g/mol. The normalized spacial score (nSPS) is 35.2. The van der Waals surface area contributed by atoms with Crippen LogP contribution in [-0.4, -0.2) is 133 Å². The second kappa shape index (κ2) is 13.5. The van der Waals surface area contributed by atoms with Crippen LogP contribution in [-0.2, 0) is 30.3 Å². The minimum Gasteiger partial charge on any atom is -0.507 e. The van der Waals surface area contributed by atoms with Crippen LogP contribution in [0, 0.1) is 0 Å². The third kappa shape index (κ3) is 5.87. The molecule has 2 saturated heterocycles. The third-order valence-corrected chi connectivity index (χ3v) is 9.94. The number of hydrogen-bond acceptors (Lipinski definition) is 17. The first kappa shape index (κ1) is 36.2. The summed E-state index contributed by atoms with van der Waals surface area (Å²) in [5, 5.41) is 85.4. The van der Waals surface area contributed by atoms with E-state index in [0.29, 0.717) is 0 Å². The number of rotatable bonds is 8. The Labute approximate surface area is 284 Å². The molecule has 2 aliphatic heterocycles. The van der Waals surface area contributed by atoms with E-state index >= 15 is 0 Å². The topological polar surface area (TPSA) is 271 Å². The number of hydrogen-bond donors (Lipinski definition) is 9. The summed E-state index contributed by atoms with van der Waals surface area (Å²) in [6.07, 6.45) is -14.0. The van der Waals surface area contributed by atoms with E-state index in [4.69, 9.17) is 23.8 Å². The molecule has 50 heavy (non-hydrogen) atoms. The molecule has 2 fully saturated rings. The first-order valence-corrected chi connectivity index (χ1v) is 15.9. The molecule has 4 unspecified atom stereocenters. The van der Waals surface area contributed by atoms with Gasteiger partial charge in [-0.3, -0.25) is 19.2 Å². The average molecular weight is 706 g/mol. The second-order valence-electron chi connectivity index (χ2n) is 13.0. The maximum Gasteiger partial charge on any atom is 0.206 e. The minimum absolute atomic E-state index is 0.0643. The predicted molar refractivity (Wildman–Crippen MR) is 164 cm³/mol. The summed E-state index contributed by atoms with van der Waals surface area (Å²) in [5.41, 5.74) is -1.15. The van der Waals surface area contributed by atoms with Crippen LogP contribution < -0.4 is 10.2 Å². The second-order valence-corrected chi connectivity index (χ2v) is 13.0. The van der Waals surface area contributed by atoms with Gasteiger partial charge in [-0.25, -0.2) is 0 Å². The Balaban J connectivity index is 1.32. The molecule has 0 aromatic heterocycles. The zero-order valence-electron chi connectivity index (χ0n) is 27.2. The van der Waals surface area contributed by atoms with E-state index in [2.05, 4.69) is 5.48 Å². The highest BCUT2D eigenvalue weighted by Crippen LogP contribution is 2.52. The third-order valence-electron chi connectivity index (χ3n) is 9.94. The maximum absolute atomic E-state index is 13.9. The molecule has 17 nitrogen and oxygen atoms in total. The molecule has 2 heterocycles. The summed E-state index contributed by atoms with van der Waals surface area (Å²) in [6, 6.07) is 3.31. The SMILES string of the molecule is COc1cccc2c1C(=O)c1c(O)c3c(c(O)c1C2=O)C[C@@](O)(C(C)=O)C[C@@H]3OC1CC(NO[C@H]2O[C@H](CO)[C@H](O)[C@H](O)[C@H]2O)C(O)C(C)O1. The highest BCUT2D eigenvalue weighted by Gasteiger charge is 2.50. The van der Waals surface area contributed by atoms with Crippen molar-refractivity contribution in [2.45, 2.75) is 100 Å². The number of aliphatic hydroxyl groups is 6. The molecule has 6 rings (SSSR count). The molecule has 2 aromatic carbocycles. The molecule has 2 aliphatic carbocycles. The lowest BCUT2D eigenvalue weighted by Crippen LogP contribution is -2.61. The van der Waals surface area contributed by atoms with Crippen molar-refractivity contribution in [2.24, 2.45) is 0 Å². The van der Waals surface area contributed by atoms with Crippen LogP contribution in [0.15, 0.2) is 18.2 Å². The number of ketones is 3. The van der Waals surface area contributed by atoms with E-state index in [1.54, 1.807) is 0 Å². The van der Waals surface area contributed by atoms with Gasteiger partial charge in [-0.05, 0) is 19.9 Å². The standard InChI is InChI=1S/C33H39NO16/c1-11-24(37)15(34-50-32-31(44)30(43)27(40)18(10-35)49-32)7-19(47-11)48-17-9-33(45,12(2)36)8-14-21(17)29(42)23-22(26(14)39)25(38)13-5-4-6-16(46-3)20(13)28(23)41/h4-6,11,15,17-19,24,27,30-32,34-35,37,39-40,42-45H,7-10H2,1-3H3/t11?,15?,17-,18+,19?,24?,27-,30-,31+,32+,33-/m0/s1. The van der Waals surface area contributed by atoms with Gasteiger partial charge in [0.05, 0.1) is 54.8 Å². The number of Topliss-reactive ketones (excluding diaryl/α,β-unsaturated/α-hetero) is 1. The molecule has 4 aliphatic rings. The summed E-state index contributed by atoms with van der Waals surface area (Å²) in [6.45, 7) is 1.93. The largest absolute Gasteiger partial charge is 0.507 e. The van der Waals surface area contributed by atoms with Crippen molar-refractivity contribution in [3.63, 3.8) is 0 Å². The fraction of sp³-hybridized carbons (Fsp3) is 0.545. The summed E-state index contributed by atoms with van der Waals surface area (Å²) in [7, 11) is 1.30. The van der Waals surface area contributed by atoms with Crippen molar-refractivity contribution in [2.75, 3.05) is 13.7 Å². The molecular weight excluding hydrogens is 666 g/mol. The first-order valence-electron chi connectivity index (χ1n) is 15.9. The van der Waals surface area contributed by atoms with Crippen molar-refractivity contribution in [3.05, 3.63) is 51.6 Å². The molecule has 0 saturated carbocycles. The van der Waals surface area contributed by atoms with Gasteiger partial charge < -0.3 is 59.8 Å². The Morgan fingerprint density at radius 2 is 1.68 bits per heavy atom. The summed E-state index contributed by atoms with van der Waals surface area (Å²) >= 11 is 0. The van der Waals surface area contributed by atoms with Gasteiger partial charge in [0.25, 0.3) is 0 Å². The van der Waals surface area contributed by atoms with E-state index in [0.717, 1.165) is 6.92 Å². The maximum atomic E-state index is 13.9. The Morgan fingerprint density at radius 1 is 0.980 bits per heavy atom. The number of carbonyl (C=O) groups excluding carboxylic acids is 3. The number of ether oxygens (including phenoxy) is 4. The van der Waals surface area contributed by atoms with Crippen LogP contribution in [0.25, 0.3) is 0 Å². The van der Waals surface area contributed by atoms with Crippen molar-refractivity contribution in [1.29, 1.82) is 0 Å². The highest BCUT2D eigenvalue weighted by molar-refractivity contribution is 6.31. The van der Waals surface area contributed by atoms with Crippen molar-refractivity contribution in [3.8, 4) is 17.2 Å². The van der Waals surface area contributed by atoms with Crippen LogP contribution in [0.2, 0.25) is 0 Å².